The first-order valence-electron chi connectivity index (χ1n) is 10.8. The molecule has 0 spiro atoms. The lowest BCUT2D eigenvalue weighted by Gasteiger charge is -2.43. The summed E-state index contributed by atoms with van der Waals surface area (Å²) in [5.74, 6) is 0. The third-order valence-corrected chi connectivity index (χ3v) is 7.75. The molecule has 1 saturated heterocycles. The Kier molecular flexibility index (Phi) is 7.48. The molecule has 4 N–H and O–H groups in total. The molecule has 4 aromatic rings. The Bertz CT molecular complexity index is 1320. The van der Waals surface area contributed by atoms with Gasteiger partial charge in [-0.15, -0.1) is 16.4 Å². The van der Waals surface area contributed by atoms with Crippen molar-refractivity contribution in [1.82, 2.24) is 29.9 Å². The summed E-state index contributed by atoms with van der Waals surface area (Å²) in [5, 5.41) is 32.1. The number of nitrogens with zero attached hydrogens (tertiary/aromatic N) is 6. The second-order valence-corrected chi connectivity index (χ2v) is 10.4. The fourth-order valence-corrected chi connectivity index (χ4v) is 6.12. The van der Waals surface area contributed by atoms with E-state index < -0.39 is 36.4 Å². The average molecular weight is 548 g/mol. The highest BCUT2D eigenvalue weighted by Crippen LogP contribution is 2.42. The van der Waals surface area contributed by atoms with Crippen LogP contribution >= 0.6 is 34.7 Å². The summed E-state index contributed by atoms with van der Waals surface area (Å²) in [6.07, 6.45) is 3.93. The molecule has 1 fully saturated rings. The van der Waals surface area contributed by atoms with Crippen molar-refractivity contribution < 1.29 is 19.7 Å². The number of rotatable bonds is 7. The summed E-state index contributed by atoms with van der Waals surface area (Å²) in [7, 11) is 1.53. The maximum absolute atomic E-state index is 11.1. The van der Waals surface area contributed by atoms with Crippen molar-refractivity contribution >= 4 is 39.8 Å². The Morgan fingerprint density at radius 3 is 2.89 bits per heavy atom. The fraction of sp³-hybridized carbons (Fsp3) is 0.318. The number of ether oxygens (including phenoxy) is 2. The van der Waals surface area contributed by atoms with E-state index in [1.54, 1.807) is 36.2 Å². The Balaban J connectivity index is 1.49. The van der Waals surface area contributed by atoms with Gasteiger partial charge in [0, 0.05) is 41.5 Å². The molecule has 0 saturated carbocycles. The fourth-order valence-electron chi connectivity index (χ4n) is 4.01. The van der Waals surface area contributed by atoms with Crippen molar-refractivity contribution in [1.29, 1.82) is 0 Å². The van der Waals surface area contributed by atoms with Crippen LogP contribution < -0.4 is 5.73 Å². The first-order chi connectivity index (χ1) is 17.5. The van der Waals surface area contributed by atoms with Crippen LogP contribution in [0.3, 0.4) is 0 Å². The second-order valence-electron chi connectivity index (χ2n) is 7.92. The highest BCUT2D eigenvalue weighted by molar-refractivity contribution is 8.00. The van der Waals surface area contributed by atoms with Gasteiger partial charge in [-0.25, -0.2) is 9.67 Å². The Hall–Kier alpha value is -2.65. The van der Waals surface area contributed by atoms with Crippen LogP contribution in [0.15, 0.2) is 53.3 Å². The molecule has 0 aromatic carbocycles. The zero-order valence-electron chi connectivity index (χ0n) is 18.9. The van der Waals surface area contributed by atoms with Crippen molar-refractivity contribution in [2.45, 2.75) is 34.7 Å². The van der Waals surface area contributed by atoms with Crippen LogP contribution in [0.2, 0.25) is 5.02 Å². The number of nitrogens with two attached hydrogens (primary N) is 1. The predicted octanol–water partition coefficient (Wildman–Crippen LogP) is 2.52. The van der Waals surface area contributed by atoms with E-state index in [1.165, 1.54) is 34.9 Å². The number of aliphatic hydroxyl groups excluding tert-OH is 2. The van der Waals surface area contributed by atoms with Crippen LogP contribution in [0.5, 0.6) is 0 Å². The van der Waals surface area contributed by atoms with E-state index in [-0.39, 0.29) is 0 Å². The van der Waals surface area contributed by atoms with E-state index in [1.807, 2.05) is 12.1 Å². The van der Waals surface area contributed by atoms with E-state index in [2.05, 4.69) is 25.3 Å². The lowest BCUT2D eigenvalue weighted by Crippen LogP contribution is -2.55. The number of hydrogen-bond acceptors (Lipinski definition) is 12. The lowest BCUT2D eigenvalue weighted by atomic mass is 9.97. The van der Waals surface area contributed by atoms with E-state index in [9.17, 15) is 10.2 Å². The molecular weight excluding hydrogens is 526 g/mol. The highest BCUT2D eigenvalue weighted by atomic mass is 35.5. The molecule has 1 aliphatic heterocycles. The summed E-state index contributed by atoms with van der Waals surface area (Å²) in [6.45, 7) is -0.404. The van der Waals surface area contributed by atoms with Crippen LogP contribution in [0.25, 0.3) is 22.6 Å². The van der Waals surface area contributed by atoms with Crippen LogP contribution in [0.4, 0.5) is 5.13 Å². The van der Waals surface area contributed by atoms with Gasteiger partial charge in [0.25, 0.3) is 0 Å². The summed E-state index contributed by atoms with van der Waals surface area (Å²) in [4.78, 5) is 13.7. The van der Waals surface area contributed by atoms with Crippen molar-refractivity contribution in [2.24, 2.45) is 0 Å². The van der Waals surface area contributed by atoms with Gasteiger partial charge in [-0.05, 0) is 18.2 Å². The van der Waals surface area contributed by atoms with Crippen molar-refractivity contribution in [3.8, 4) is 22.6 Å². The Morgan fingerprint density at radius 2 is 2.19 bits per heavy atom. The quantitative estimate of drug-likeness (QED) is 0.312. The maximum atomic E-state index is 11.1. The van der Waals surface area contributed by atoms with Crippen LogP contribution in [-0.4, -0.2) is 77.6 Å². The molecule has 0 aliphatic carbocycles. The summed E-state index contributed by atoms with van der Waals surface area (Å²) < 4.78 is 13.4. The van der Waals surface area contributed by atoms with Gasteiger partial charge in [-0.2, -0.15) is 0 Å². The molecule has 5 rings (SSSR count). The third-order valence-electron chi connectivity index (χ3n) is 5.69. The Morgan fingerprint density at radius 1 is 1.33 bits per heavy atom. The Labute approximate surface area is 219 Å². The molecule has 0 amide bonds. The molecule has 0 radical (unpaired) electrons. The molecule has 14 heteroatoms. The number of thioether (sulfide) groups is 1. The first-order valence-corrected chi connectivity index (χ1v) is 12.9. The molecule has 1 aliphatic rings. The summed E-state index contributed by atoms with van der Waals surface area (Å²) >= 11 is 8.90. The highest BCUT2D eigenvalue weighted by Gasteiger charge is 2.47. The smallest absolute Gasteiger partial charge is 0.180 e. The minimum atomic E-state index is -1.12. The number of pyridine rings is 2. The third kappa shape index (κ3) is 4.95. The van der Waals surface area contributed by atoms with Crippen LogP contribution in [-0.2, 0) is 9.47 Å². The van der Waals surface area contributed by atoms with Crippen molar-refractivity contribution in [2.75, 3.05) is 19.5 Å². The number of halogens is 1. The topological polar surface area (TPSA) is 154 Å². The van der Waals surface area contributed by atoms with Crippen molar-refractivity contribution in [3.63, 3.8) is 0 Å². The number of hydrogen-bond donors (Lipinski definition) is 3. The number of aliphatic hydroxyl groups is 2. The second kappa shape index (κ2) is 10.8. The molecule has 36 heavy (non-hydrogen) atoms. The number of thiazole rings is 1. The van der Waals surface area contributed by atoms with Crippen molar-refractivity contribution in [3.05, 3.63) is 53.4 Å². The zero-order valence-corrected chi connectivity index (χ0v) is 21.3. The molecule has 0 bridgehead atoms. The normalized spacial score (nSPS) is 24.2. The first kappa shape index (κ1) is 25.0. The molecule has 5 heterocycles. The van der Waals surface area contributed by atoms with Gasteiger partial charge in [-0.3, -0.25) is 9.97 Å². The standard InChI is InChI=1S/C22H22ClN7O4S2/c1-33-20-18(30-8-13(28-29-30)14-10-35-22(24)27-14)19(32)15(9-31)34-21(20)36-16-5-12(23)7-26-17(16)11-3-2-4-25-6-11/h2-8,10,15,18-21,31-32H,9H2,1H3,(H2,24,27). The predicted molar refractivity (Wildman–Crippen MR) is 135 cm³/mol. The molecule has 188 valence electrons. The lowest BCUT2D eigenvalue weighted by molar-refractivity contribution is -0.186. The van der Waals surface area contributed by atoms with Gasteiger partial charge in [0.2, 0.25) is 0 Å². The molecule has 5 atom stereocenters. The van der Waals surface area contributed by atoms with E-state index in [4.69, 9.17) is 26.8 Å². The number of methoxy groups -OCH3 is 1. The van der Waals surface area contributed by atoms with Crippen LogP contribution in [0.1, 0.15) is 6.04 Å². The largest absolute Gasteiger partial charge is 0.394 e. The maximum Gasteiger partial charge on any atom is 0.180 e. The van der Waals surface area contributed by atoms with Gasteiger partial charge in [0.15, 0.2) is 5.13 Å². The van der Waals surface area contributed by atoms with E-state index in [0.29, 0.717) is 27.2 Å². The molecule has 11 nitrogen and oxygen atoms in total. The molecule has 4 aromatic heterocycles. The zero-order chi connectivity index (χ0) is 25.2. The van der Waals surface area contributed by atoms with Gasteiger partial charge >= 0.3 is 0 Å². The SMILES string of the molecule is COC1C(Sc2cc(Cl)cnc2-c2cccnc2)OC(CO)C(O)C1n1cc(-c2csc(N)n2)nn1. The summed E-state index contributed by atoms with van der Waals surface area (Å²) in [6, 6.07) is 4.78. The average Bonchev–Trinajstić information content (AvgIpc) is 3.54. The minimum Gasteiger partial charge on any atom is -0.394 e. The number of anilines is 1. The van der Waals surface area contributed by atoms with Crippen LogP contribution in [0, 0.1) is 0 Å². The number of aromatic nitrogens is 6. The minimum absolute atomic E-state index is 0.404. The van der Waals surface area contributed by atoms with Gasteiger partial charge in [-0.1, -0.05) is 28.6 Å². The molecule has 5 unspecified atom stereocenters. The number of nitrogen functional groups attached to an aromatic ring is 1. The van der Waals surface area contributed by atoms with Gasteiger partial charge < -0.3 is 25.4 Å². The van der Waals surface area contributed by atoms with E-state index >= 15 is 0 Å². The molecular formula is C22H22ClN7O4S2. The van der Waals surface area contributed by atoms with Gasteiger partial charge in [0.05, 0.1) is 23.5 Å². The van der Waals surface area contributed by atoms with E-state index in [0.717, 1.165) is 10.5 Å². The summed E-state index contributed by atoms with van der Waals surface area (Å²) in [5.41, 5.74) is 7.65. The monoisotopic (exact) mass is 547 g/mol. The van der Waals surface area contributed by atoms with Gasteiger partial charge in [0.1, 0.15) is 41.2 Å².